The van der Waals surface area contributed by atoms with E-state index >= 15 is 0 Å². The fourth-order valence-electron chi connectivity index (χ4n) is 1.69. The number of nitrogens with one attached hydrogen (secondary N) is 1. The van der Waals surface area contributed by atoms with Crippen molar-refractivity contribution in [2.45, 2.75) is 13.3 Å². The van der Waals surface area contributed by atoms with E-state index in [1.165, 1.54) is 0 Å². The third kappa shape index (κ3) is 2.88. The van der Waals surface area contributed by atoms with E-state index in [0.717, 1.165) is 23.5 Å². The average Bonchev–Trinajstić information content (AvgIpc) is 2.70. The molecule has 1 aromatic heterocycles. The third-order valence-corrected chi connectivity index (χ3v) is 2.51. The zero-order valence-corrected chi connectivity index (χ0v) is 10.6. The van der Waals surface area contributed by atoms with Gasteiger partial charge in [-0.25, -0.2) is 4.99 Å². The van der Waals surface area contributed by atoms with Crippen molar-refractivity contribution in [1.82, 2.24) is 9.78 Å². The summed E-state index contributed by atoms with van der Waals surface area (Å²) in [5, 5.41) is 7.36. The van der Waals surface area contributed by atoms with E-state index in [-0.39, 0.29) is 0 Å². The van der Waals surface area contributed by atoms with Crippen molar-refractivity contribution in [3.8, 4) is 0 Å². The number of nitrogens with two attached hydrogens (primary N) is 1. The van der Waals surface area contributed by atoms with Crippen LogP contribution < -0.4 is 11.1 Å². The molecule has 5 nitrogen and oxygen atoms in total. The first-order valence-corrected chi connectivity index (χ1v) is 5.87. The molecule has 1 heterocycles. The van der Waals surface area contributed by atoms with Crippen molar-refractivity contribution in [3.05, 3.63) is 42.2 Å². The highest BCUT2D eigenvalue weighted by Gasteiger charge is 2.05. The number of aromatic nitrogens is 2. The summed E-state index contributed by atoms with van der Waals surface area (Å²) in [5.41, 5.74) is 8.54. The van der Waals surface area contributed by atoms with Gasteiger partial charge in [0.15, 0.2) is 5.96 Å². The molecule has 0 amide bonds. The second-order valence-electron chi connectivity index (χ2n) is 3.98. The average molecular weight is 243 g/mol. The van der Waals surface area contributed by atoms with Crippen molar-refractivity contribution < 1.29 is 0 Å². The van der Waals surface area contributed by atoms with Crippen LogP contribution in [0.25, 0.3) is 0 Å². The molecule has 0 fully saturated rings. The summed E-state index contributed by atoms with van der Waals surface area (Å²) in [5.74, 6) is 0.365. The first-order valence-electron chi connectivity index (χ1n) is 5.87. The van der Waals surface area contributed by atoms with Crippen molar-refractivity contribution >= 4 is 17.3 Å². The summed E-state index contributed by atoms with van der Waals surface area (Å²) in [4.78, 5) is 4.35. The summed E-state index contributed by atoms with van der Waals surface area (Å²) in [6.07, 6.45) is 2.69. The Morgan fingerprint density at radius 1 is 1.39 bits per heavy atom. The standard InChI is InChI=1S/C13H17N5/c1-3-11-12(9-18(2)17-11)16-13(14)15-10-7-5-4-6-8-10/h4-9H,3H2,1-2H3,(H3,14,15,16). The van der Waals surface area contributed by atoms with Crippen LogP contribution in [-0.2, 0) is 13.5 Å². The molecule has 0 aliphatic heterocycles. The van der Waals surface area contributed by atoms with Crippen LogP contribution in [0.3, 0.4) is 0 Å². The lowest BCUT2D eigenvalue weighted by Crippen LogP contribution is -2.21. The fraction of sp³-hybridized carbons (Fsp3) is 0.231. The van der Waals surface area contributed by atoms with Crippen LogP contribution in [0.5, 0.6) is 0 Å². The molecule has 0 saturated carbocycles. The molecule has 3 N–H and O–H groups in total. The van der Waals surface area contributed by atoms with Crippen molar-refractivity contribution in [2.75, 3.05) is 5.32 Å². The number of nitrogens with zero attached hydrogens (tertiary/aromatic N) is 3. The maximum absolute atomic E-state index is 5.87. The van der Waals surface area contributed by atoms with Crippen LogP contribution >= 0.6 is 0 Å². The first kappa shape index (κ1) is 12.2. The minimum Gasteiger partial charge on any atom is -0.369 e. The summed E-state index contributed by atoms with van der Waals surface area (Å²) < 4.78 is 1.74. The molecule has 94 valence electrons. The number of hydrogen-bond donors (Lipinski definition) is 2. The summed E-state index contributed by atoms with van der Waals surface area (Å²) in [6.45, 7) is 2.04. The lowest BCUT2D eigenvalue weighted by atomic mass is 10.3. The van der Waals surface area contributed by atoms with Gasteiger partial charge in [-0.15, -0.1) is 0 Å². The van der Waals surface area contributed by atoms with Crippen LogP contribution in [0.15, 0.2) is 41.5 Å². The number of aryl methyl sites for hydroxylation is 2. The Hall–Kier alpha value is -2.30. The van der Waals surface area contributed by atoms with Crippen molar-refractivity contribution in [1.29, 1.82) is 0 Å². The highest BCUT2D eigenvalue weighted by atomic mass is 15.3. The van der Waals surface area contributed by atoms with Gasteiger partial charge < -0.3 is 11.1 Å². The van der Waals surface area contributed by atoms with Gasteiger partial charge in [-0.1, -0.05) is 25.1 Å². The van der Waals surface area contributed by atoms with Crippen LogP contribution in [0.1, 0.15) is 12.6 Å². The van der Waals surface area contributed by atoms with Crippen LogP contribution in [-0.4, -0.2) is 15.7 Å². The van der Waals surface area contributed by atoms with Gasteiger partial charge in [-0.2, -0.15) is 5.10 Å². The number of rotatable bonds is 3. The first-order chi connectivity index (χ1) is 8.69. The highest BCUT2D eigenvalue weighted by Crippen LogP contribution is 2.17. The lowest BCUT2D eigenvalue weighted by Gasteiger charge is -2.04. The van der Waals surface area contributed by atoms with Gasteiger partial charge in [0.05, 0.1) is 11.9 Å². The van der Waals surface area contributed by atoms with E-state index in [4.69, 9.17) is 5.73 Å². The second-order valence-corrected chi connectivity index (χ2v) is 3.98. The van der Waals surface area contributed by atoms with E-state index in [9.17, 15) is 0 Å². The van der Waals surface area contributed by atoms with Crippen molar-refractivity contribution in [3.63, 3.8) is 0 Å². The molecular formula is C13H17N5. The molecule has 2 rings (SSSR count). The normalized spacial score (nSPS) is 11.6. The molecule has 18 heavy (non-hydrogen) atoms. The van der Waals surface area contributed by atoms with Gasteiger partial charge in [0, 0.05) is 12.7 Å². The minimum atomic E-state index is 0.365. The van der Waals surface area contributed by atoms with E-state index in [1.807, 2.05) is 50.5 Å². The van der Waals surface area contributed by atoms with E-state index in [1.54, 1.807) is 4.68 Å². The Bertz CT molecular complexity index is 542. The lowest BCUT2D eigenvalue weighted by molar-refractivity contribution is 0.746. The summed E-state index contributed by atoms with van der Waals surface area (Å²) in [6, 6.07) is 9.71. The minimum absolute atomic E-state index is 0.365. The van der Waals surface area contributed by atoms with Crippen LogP contribution in [0, 0.1) is 0 Å². The van der Waals surface area contributed by atoms with E-state index in [2.05, 4.69) is 15.4 Å². The van der Waals surface area contributed by atoms with Gasteiger partial charge >= 0.3 is 0 Å². The molecule has 0 unspecified atom stereocenters. The number of guanidine groups is 1. The Morgan fingerprint density at radius 2 is 2.11 bits per heavy atom. The molecule has 0 bridgehead atoms. The maximum atomic E-state index is 5.87. The Labute approximate surface area is 106 Å². The summed E-state index contributed by atoms with van der Waals surface area (Å²) in [7, 11) is 1.87. The van der Waals surface area contributed by atoms with Gasteiger partial charge in [-0.05, 0) is 18.6 Å². The maximum Gasteiger partial charge on any atom is 0.198 e. The quantitative estimate of drug-likeness (QED) is 0.640. The van der Waals surface area contributed by atoms with E-state index < -0.39 is 0 Å². The number of para-hydroxylation sites is 1. The molecule has 0 aliphatic carbocycles. The highest BCUT2D eigenvalue weighted by molar-refractivity contribution is 5.94. The van der Waals surface area contributed by atoms with E-state index in [0.29, 0.717) is 5.96 Å². The monoisotopic (exact) mass is 243 g/mol. The Kier molecular flexibility index (Phi) is 3.62. The smallest absolute Gasteiger partial charge is 0.198 e. The molecule has 0 saturated heterocycles. The van der Waals surface area contributed by atoms with Gasteiger partial charge in [-0.3, -0.25) is 4.68 Å². The third-order valence-electron chi connectivity index (χ3n) is 2.51. The van der Waals surface area contributed by atoms with Gasteiger partial charge in [0.2, 0.25) is 0 Å². The molecular weight excluding hydrogens is 226 g/mol. The van der Waals surface area contributed by atoms with Gasteiger partial charge in [0.1, 0.15) is 5.69 Å². The number of hydrogen-bond acceptors (Lipinski definition) is 2. The Balaban J connectivity index is 2.17. The molecule has 1 aromatic carbocycles. The predicted molar refractivity (Wildman–Crippen MR) is 73.9 cm³/mol. The van der Waals surface area contributed by atoms with Crippen molar-refractivity contribution in [2.24, 2.45) is 17.8 Å². The molecule has 2 aromatic rings. The zero-order valence-electron chi connectivity index (χ0n) is 10.6. The molecule has 0 aliphatic rings. The van der Waals surface area contributed by atoms with Gasteiger partial charge in [0.25, 0.3) is 0 Å². The van der Waals surface area contributed by atoms with Crippen LogP contribution in [0.4, 0.5) is 11.4 Å². The molecule has 5 heteroatoms. The molecule has 0 atom stereocenters. The SMILES string of the molecule is CCc1nn(C)cc1N=C(N)Nc1ccccc1. The second kappa shape index (κ2) is 5.35. The topological polar surface area (TPSA) is 68.2 Å². The Morgan fingerprint density at radius 3 is 2.78 bits per heavy atom. The largest absolute Gasteiger partial charge is 0.369 e. The molecule has 0 radical (unpaired) electrons. The predicted octanol–water partition coefficient (Wildman–Crippen LogP) is 2.04. The number of anilines is 1. The number of benzene rings is 1. The number of aliphatic imine (C=N–C) groups is 1. The fourth-order valence-corrected chi connectivity index (χ4v) is 1.69. The van der Waals surface area contributed by atoms with Crippen LogP contribution in [0.2, 0.25) is 0 Å². The summed E-state index contributed by atoms with van der Waals surface area (Å²) >= 11 is 0. The zero-order chi connectivity index (χ0) is 13.0. The molecule has 0 spiro atoms.